The molecule has 1 amide bonds. The SMILES string of the molecule is CCOC(=O)C(=[N+]=[N-])C(=O)C1(C)CCCN(CCC/C=C/C(=O)OC)C1=O. The normalized spacial score (nSPS) is 19.5. The molecule has 0 radical (unpaired) electrons. The molecule has 1 heterocycles. The van der Waals surface area contributed by atoms with Gasteiger partial charge >= 0.3 is 17.7 Å². The maximum atomic E-state index is 12.8. The zero-order valence-electron chi connectivity index (χ0n) is 15.9. The highest BCUT2D eigenvalue weighted by Crippen LogP contribution is 2.32. The van der Waals surface area contributed by atoms with Gasteiger partial charge in [0.25, 0.3) is 5.78 Å². The monoisotopic (exact) mass is 379 g/mol. The number of amides is 1. The van der Waals surface area contributed by atoms with Crippen LogP contribution in [0.1, 0.15) is 39.5 Å². The van der Waals surface area contributed by atoms with Gasteiger partial charge in [-0.2, -0.15) is 4.79 Å². The molecule has 0 aromatic rings. The molecule has 0 aromatic heterocycles. The molecule has 1 aliphatic heterocycles. The Bertz CT molecular complexity index is 681. The molecule has 0 aliphatic carbocycles. The standard InChI is InChI=1S/C18H25N3O6/c1-4-27-16(24)14(20-19)15(23)18(2)10-8-12-21(17(18)25)11-7-5-6-9-13(22)26-3/h6,9H,4-5,7-8,10-12H2,1-3H3/b9-6+. The summed E-state index contributed by atoms with van der Waals surface area (Å²) in [6.45, 7) is 3.92. The molecule has 9 nitrogen and oxygen atoms in total. The summed E-state index contributed by atoms with van der Waals surface area (Å²) in [5.74, 6) is -2.76. The van der Waals surface area contributed by atoms with Gasteiger partial charge in [-0.1, -0.05) is 6.08 Å². The van der Waals surface area contributed by atoms with Gasteiger partial charge in [-0.3, -0.25) is 9.59 Å². The third kappa shape index (κ3) is 5.59. The molecule has 1 saturated heterocycles. The molecule has 0 spiro atoms. The Labute approximate surface area is 157 Å². The van der Waals surface area contributed by atoms with Crippen LogP contribution in [0.5, 0.6) is 0 Å². The van der Waals surface area contributed by atoms with E-state index in [9.17, 15) is 19.2 Å². The number of hydrogen-bond acceptors (Lipinski definition) is 6. The van der Waals surface area contributed by atoms with Gasteiger partial charge in [0.2, 0.25) is 5.91 Å². The number of ether oxygens (including phenoxy) is 2. The highest BCUT2D eigenvalue weighted by Gasteiger charge is 2.52. The second-order valence-corrected chi connectivity index (χ2v) is 6.29. The van der Waals surface area contributed by atoms with Crippen LogP contribution in [0.25, 0.3) is 5.53 Å². The minimum absolute atomic E-state index is 0.0149. The van der Waals surface area contributed by atoms with Crippen molar-refractivity contribution in [1.82, 2.24) is 4.90 Å². The maximum absolute atomic E-state index is 12.8. The average molecular weight is 379 g/mol. The van der Waals surface area contributed by atoms with Gasteiger partial charge in [0.1, 0.15) is 5.41 Å². The molecule has 1 aliphatic rings. The number of likely N-dealkylation sites (tertiary alicyclic amines) is 1. The number of hydrogen-bond donors (Lipinski definition) is 0. The van der Waals surface area contributed by atoms with Crippen molar-refractivity contribution in [3.05, 3.63) is 17.7 Å². The molecule has 148 valence electrons. The second kappa shape index (κ2) is 10.4. The number of Topliss-reactive ketones (excluding diaryl/α,β-unsaturated/α-hetero) is 1. The Morgan fingerprint density at radius 2 is 2.07 bits per heavy atom. The Kier molecular flexibility index (Phi) is 8.55. The van der Waals surface area contributed by atoms with E-state index in [0.29, 0.717) is 32.4 Å². The van der Waals surface area contributed by atoms with Crippen LogP contribution in [0.15, 0.2) is 12.2 Å². The summed E-state index contributed by atoms with van der Waals surface area (Å²) < 4.78 is 9.20. The molecule has 9 heteroatoms. The molecule has 27 heavy (non-hydrogen) atoms. The fraction of sp³-hybridized carbons (Fsp3) is 0.611. The third-order valence-electron chi connectivity index (χ3n) is 4.40. The number of allylic oxidation sites excluding steroid dienone is 1. The Morgan fingerprint density at radius 3 is 2.67 bits per heavy atom. The van der Waals surface area contributed by atoms with Crippen molar-refractivity contribution in [2.45, 2.75) is 39.5 Å². The smallest absolute Gasteiger partial charge is 0.442 e. The van der Waals surface area contributed by atoms with Crippen LogP contribution in [-0.4, -0.2) is 65.8 Å². The molecule has 0 saturated carbocycles. The van der Waals surface area contributed by atoms with Gasteiger partial charge in [-0.15, -0.1) is 0 Å². The molecule has 1 rings (SSSR count). The predicted octanol–water partition coefficient (Wildman–Crippen LogP) is 0.927. The van der Waals surface area contributed by atoms with Crippen LogP contribution in [-0.2, 0) is 28.7 Å². The zero-order valence-corrected chi connectivity index (χ0v) is 15.9. The lowest BCUT2D eigenvalue weighted by Crippen LogP contribution is -2.54. The summed E-state index contributed by atoms with van der Waals surface area (Å²) in [6, 6.07) is 0. The first-order valence-corrected chi connectivity index (χ1v) is 8.79. The van der Waals surface area contributed by atoms with E-state index in [1.807, 2.05) is 0 Å². The Morgan fingerprint density at radius 1 is 1.37 bits per heavy atom. The van der Waals surface area contributed by atoms with E-state index in [2.05, 4.69) is 9.53 Å². The van der Waals surface area contributed by atoms with Gasteiger partial charge in [-0.25, -0.2) is 9.59 Å². The molecule has 0 bridgehead atoms. The van der Waals surface area contributed by atoms with Crippen LogP contribution < -0.4 is 0 Å². The van der Waals surface area contributed by atoms with E-state index in [4.69, 9.17) is 10.3 Å². The van der Waals surface area contributed by atoms with Crippen LogP contribution >= 0.6 is 0 Å². The predicted molar refractivity (Wildman–Crippen MR) is 94.6 cm³/mol. The van der Waals surface area contributed by atoms with Crippen molar-refractivity contribution in [3.8, 4) is 0 Å². The van der Waals surface area contributed by atoms with Gasteiger partial charge in [-0.05, 0) is 39.5 Å². The fourth-order valence-corrected chi connectivity index (χ4v) is 2.89. The van der Waals surface area contributed by atoms with E-state index in [0.717, 1.165) is 0 Å². The van der Waals surface area contributed by atoms with E-state index >= 15 is 0 Å². The summed E-state index contributed by atoms with van der Waals surface area (Å²) in [5, 5.41) is 0. The highest BCUT2D eigenvalue weighted by atomic mass is 16.5. The lowest BCUT2D eigenvalue weighted by Gasteiger charge is -2.37. The maximum Gasteiger partial charge on any atom is 0.442 e. The summed E-state index contributed by atoms with van der Waals surface area (Å²) >= 11 is 0. The van der Waals surface area contributed by atoms with Crippen molar-refractivity contribution in [2.75, 3.05) is 26.8 Å². The first-order chi connectivity index (χ1) is 12.8. The number of rotatable bonds is 9. The highest BCUT2D eigenvalue weighted by molar-refractivity contribution is 6.64. The van der Waals surface area contributed by atoms with Crippen molar-refractivity contribution in [3.63, 3.8) is 0 Å². The van der Waals surface area contributed by atoms with E-state index in [-0.39, 0.29) is 13.0 Å². The van der Waals surface area contributed by atoms with Crippen molar-refractivity contribution >= 4 is 29.3 Å². The number of esters is 2. The third-order valence-corrected chi connectivity index (χ3v) is 4.40. The Balaban J connectivity index is 2.78. The summed E-state index contributed by atoms with van der Waals surface area (Å²) in [6.07, 6.45) is 4.96. The van der Waals surface area contributed by atoms with Crippen molar-refractivity contribution < 1.29 is 33.4 Å². The average Bonchev–Trinajstić information content (AvgIpc) is 2.65. The summed E-state index contributed by atoms with van der Waals surface area (Å²) in [5.41, 5.74) is 6.81. The van der Waals surface area contributed by atoms with E-state index in [1.165, 1.54) is 20.1 Å². The van der Waals surface area contributed by atoms with Gasteiger partial charge in [0.15, 0.2) is 0 Å². The number of unbranched alkanes of at least 4 members (excludes halogenated alkanes) is 1. The number of ketones is 1. The van der Waals surface area contributed by atoms with Crippen molar-refractivity contribution in [1.29, 1.82) is 0 Å². The second-order valence-electron chi connectivity index (χ2n) is 6.29. The Hall–Kier alpha value is -2.80. The zero-order chi connectivity index (χ0) is 20.4. The summed E-state index contributed by atoms with van der Waals surface area (Å²) in [4.78, 5) is 52.7. The van der Waals surface area contributed by atoms with Crippen molar-refractivity contribution in [2.24, 2.45) is 5.41 Å². The largest absolute Gasteiger partial charge is 0.466 e. The number of carbonyl (C=O) groups excluding carboxylic acids is 4. The minimum Gasteiger partial charge on any atom is -0.466 e. The number of piperidine rings is 1. The van der Waals surface area contributed by atoms with E-state index in [1.54, 1.807) is 17.9 Å². The van der Waals surface area contributed by atoms with Crippen LogP contribution in [0.2, 0.25) is 0 Å². The molecule has 0 N–H and O–H groups in total. The fourth-order valence-electron chi connectivity index (χ4n) is 2.89. The van der Waals surface area contributed by atoms with Gasteiger partial charge in [0.05, 0.1) is 13.7 Å². The molecular weight excluding hydrogens is 354 g/mol. The molecule has 1 atom stereocenters. The van der Waals surface area contributed by atoms with Gasteiger partial charge in [0, 0.05) is 19.2 Å². The first kappa shape index (κ1) is 22.2. The molecule has 1 fully saturated rings. The quantitative estimate of drug-likeness (QED) is 0.112. The lowest BCUT2D eigenvalue weighted by atomic mass is 9.75. The number of carbonyl (C=O) groups is 4. The minimum atomic E-state index is -1.48. The van der Waals surface area contributed by atoms with E-state index < -0.39 is 34.8 Å². The van der Waals surface area contributed by atoms with Gasteiger partial charge < -0.3 is 19.9 Å². The van der Waals surface area contributed by atoms with Crippen LogP contribution in [0.4, 0.5) is 0 Å². The number of nitrogens with zero attached hydrogens (tertiary/aromatic N) is 3. The topological polar surface area (TPSA) is 126 Å². The lowest BCUT2D eigenvalue weighted by molar-refractivity contribution is -0.153. The molecular formula is C18H25N3O6. The van der Waals surface area contributed by atoms with Crippen LogP contribution in [0, 0.1) is 5.41 Å². The van der Waals surface area contributed by atoms with Crippen LogP contribution in [0.3, 0.4) is 0 Å². The molecule has 1 unspecified atom stereocenters. The summed E-state index contributed by atoms with van der Waals surface area (Å²) in [7, 11) is 1.29. The first-order valence-electron chi connectivity index (χ1n) is 8.79. The molecule has 0 aromatic carbocycles. The number of methoxy groups -OCH3 is 1.